The highest BCUT2D eigenvalue weighted by Gasteiger charge is 2.11. The van der Waals surface area contributed by atoms with E-state index in [0.29, 0.717) is 11.3 Å². The third kappa shape index (κ3) is 3.23. The summed E-state index contributed by atoms with van der Waals surface area (Å²) in [7, 11) is 0. The Hall–Kier alpha value is -2.07. The number of phenolic OH excluding ortho intramolecular Hbond substituents is 1. The molecule has 0 radical (unpaired) electrons. The molecule has 5 heteroatoms. The Balaban J connectivity index is 2.12. The predicted molar refractivity (Wildman–Crippen MR) is 74.4 cm³/mol. The molecule has 0 spiro atoms. The number of anilines is 1. The van der Waals surface area contributed by atoms with E-state index in [2.05, 4.69) is 10.3 Å². The minimum Gasteiger partial charge on any atom is -0.508 e. The summed E-state index contributed by atoms with van der Waals surface area (Å²) in [5, 5.41) is 12.6. The highest BCUT2D eigenvalue weighted by atomic mass is 35.5. The maximum atomic E-state index is 11.9. The highest BCUT2D eigenvalue weighted by Crippen LogP contribution is 2.23. The van der Waals surface area contributed by atoms with E-state index >= 15 is 0 Å². The van der Waals surface area contributed by atoms with Gasteiger partial charge in [-0.05, 0) is 24.6 Å². The number of carbonyl (C=O) groups excluding carboxylic acids is 1. The first-order chi connectivity index (χ1) is 9.08. The van der Waals surface area contributed by atoms with Crippen LogP contribution in [-0.4, -0.2) is 16.0 Å². The summed E-state index contributed by atoms with van der Waals surface area (Å²) in [4.78, 5) is 15.8. The quantitative estimate of drug-likeness (QED) is 0.847. The van der Waals surface area contributed by atoms with Gasteiger partial charge in [0.2, 0.25) is 5.91 Å². The first-order valence-corrected chi connectivity index (χ1v) is 6.13. The van der Waals surface area contributed by atoms with Gasteiger partial charge in [-0.1, -0.05) is 29.8 Å². The maximum absolute atomic E-state index is 11.9. The fourth-order valence-corrected chi connectivity index (χ4v) is 1.94. The Morgan fingerprint density at radius 1 is 1.37 bits per heavy atom. The number of aryl methyl sites for hydroxylation is 1. The van der Waals surface area contributed by atoms with Crippen molar-refractivity contribution in [3.05, 3.63) is 52.8 Å². The Morgan fingerprint density at radius 2 is 2.11 bits per heavy atom. The number of halogens is 1. The fraction of sp³-hybridized carbons (Fsp3) is 0.143. The summed E-state index contributed by atoms with van der Waals surface area (Å²) in [5.41, 5.74) is 1.91. The van der Waals surface area contributed by atoms with Crippen molar-refractivity contribution in [1.82, 2.24) is 4.98 Å². The largest absolute Gasteiger partial charge is 0.508 e. The molecule has 0 aliphatic heterocycles. The van der Waals surface area contributed by atoms with Gasteiger partial charge < -0.3 is 10.4 Å². The van der Waals surface area contributed by atoms with Crippen LogP contribution in [0.4, 0.5) is 5.69 Å². The summed E-state index contributed by atoms with van der Waals surface area (Å²) < 4.78 is 0. The number of nitrogens with one attached hydrogen (secondary N) is 1. The molecule has 0 unspecified atom stereocenters. The van der Waals surface area contributed by atoms with E-state index in [9.17, 15) is 9.90 Å². The molecule has 4 nitrogen and oxygen atoms in total. The van der Waals surface area contributed by atoms with Crippen LogP contribution in [0.2, 0.25) is 5.15 Å². The van der Waals surface area contributed by atoms with Gasteiger partial charge in [0.1, 0.15) is 5.75 Å². The van der Waals surface area contributed by atoms with Crippen LogP contribution in [0.15, 0.2) is 36.5 Å². The van der Waals surface area contributed by atoms with Crippen molar-refractivity contribution in [2.24, 2.45) is 0 Å². The summed E-state index contributed by atoms with van der Waals surface area (Å²) in [5.74, 6) is -0.147. The molecule has 0 saturated carbocycles. The molecule has 0 bridgehead atoms. The molecule has 19 heavy (non-hydrogen) atoms. The van der Waals surface area contributed by atoms with E-state index in [0.717, 1.165) is 5.56 Å². The Labute approximate surface area is 116 Å². The number of aromatic nitrogens is 1. The third-order valence-corrected chi connectivity index (χ3v) is 3.01. The molecule has 1 aromatic carbocycles. The smallest absolute Gasteiger partial charge is 0.229 e. The van der Waals surface area contributed by atoms with Crippen molar-refractivity contribution >= 4 is 23.2 Å². The molecule has 2 N–H and O–H groups in total. The number of pyridine rings is 1. The Kier molecular flexibility index (Phi) is 4.02. The van der Waals surface area contributed by atoms with Gasteiger partial charge in [-0.25, -0.2) is 4.98 Å². The molecular formula is C14H13ClN2O2. The fourth-order valence-electron chi connectivity index (χ4n) is 1.69. The van der Waals surface area contributed by atoms with Gasteiger partial charge in [0.25, 0.3) is 0 Å². The van der Waals surface area contributed by atoms with Crippen molar-refractivity contribution in [1.29, 1.82) is 0 Å². The average Bonchev–Trinajstić information content (AvgIpc) is 2.37. The van der Waals surface area contributed by atoms with E-state index in [-0.39, 0.29) is 23.2 Å². The molecule has 0 aliphatic rings. The summed E-state index contributed by atoms with van der Waals surface area (Å²) in [6.45, 7) is 1.84. The molecule has 1 amide bonds. The number of aromatic hydroxyl groups is 1. The number of nitrogens with zero attached hydrogens (tertiary/aromatic N) is 1. The van der Waals surface area contributed by atoms with Gasteiger partial charge in [0, 0.05) is 11.8 Å². The molecule has 0 fully saturated rings. The maximum Gasteiger partial charge on any atom is 0.229 e. The van der Waals surface area contributed by atoms with E-state index in [1.807, 2.05) is 6.92 Å². The Bertz CT molecular complexity index is 594. The summed E-state index contributed by atoms with van der Waals surface area (Å²) in [6.07, 6.45) is 1.66. The second-order valence-electron chi connectivity index (χ2n) is 4.15. The van der Waals surface area contributed by atoms with Crippen LogP contribution in [0.25, 0.3) is 0 Å². The second kappa shape index (κ2) is 5.71. The van der Waals surface area contributed by atoms with Crippen LogP contribution < -0.4 is 5.32 Å². The van der Waals surface area contributed by atoms with Crippen LogP contribution in [0, 0.1) is 6.92 Å². The van der Waals surface area contributed by atoms with Gasteiger partial charge in [0.05, 0.1) is 12.1 Å². The molecule has 0 atom stereocenters. The lowest BCUT2D eigenvalue weighted by Crippen LogP contribution is -2.15. The van der Waals surface area contributed by atoms with Gasteiger partial charge in [0.15, 0.2) is 5.15 Å². The van der Waals surface area contributed by atoms with Crippen LogP contribution in [0.3, 0.4) is 0 Å². The molecule has 2 aromatic rings. The molecule has 0 aliphatic carbocycles. The van der Waals surface area contributed by atoms with E-state index in [4.69, 9.17) is 11.6 Å². The number of carbonyl (C=O) groups is 1. The number of benzene rings is 1. The molecular weight excluding hydrogens is 264 g/mol. The molecule has 1 aromatic heterocycles. The summed E-state index contributed by atoms with van der Waals surface area (Å²) >= 11 is 5.93. The van der Waals surface area contributed by atoms with Crippen molar-refractivity contribution < 1.29 is 9.90 Å². The number of amides is 1. The highest BCUT2D eigenvalue weighted by molar-refractivity contribution is 6.32. The van der Waals surface area contributed by atoms with Crippen molar-refractivity contribution in [2.75, 3.05) is 5.32 Å². The first kappa shape index (κ1) is 13.4. The lowest BCUT2D eigenvalue weighted by molar-refractivity contribution is -0.115. The predicted octanol–water partition coefficient (Wildman–Crippen LogP) is 2.93. The van der Waals surface area contributed by atoms with Crippen LogP contribution in [0.5, 0.6) is 5.75 Å². The van der Waals surface area contributed by atoms with Gasteiger partial charge in [-0.2, -0.15) is 0 Å². The lowest BCUT2D eigenvalue weighted by Gasteiger charge is -2.10. The van der Waals surface area contributed by atoms with Crippen LogP contribution in [0.1, 0.15) is 11.1 Å². The zero-order valence-corrected chi connectivity index (χ0v) is 11.1. The lowest BCUT2D eigenvalue weighted by atomic mass is 10.1. The SMILES string of the molecule is Cc1ccnc(Cl)c1NC(=O)Cc1ccccc1O. The average molecular weight is 277 g/mol. The molecule has 98 valence electrons. The molecule has 2 rings (SSSR count). The number of rotatable bonds is 3. The van der Waals surface area contributed by atoms with Crippen molar-refractivity contribution in [2.45, 2.75) is 13.3 Å². The third-order valence-electron chi connectivity index (χ3n) is 2.72. The minimum absolute atomic E-state index is 0.0807. The molecule has 1 heterocycles. The monoisotopic (exact) mass is 276 g/mol. The van der Waals surface area contributed by atoms with Crippen LogP contribution >= 0.6 is 11.6 Å². The second-order valence-corrected chi connectivity index (χ2v) is 4.51. The van der Waals surface area contributed by atoms with Gasteiger partial charge >= 0.3 is 0 Å². The van der Waals surface area contributed by atoms with E-state index in [1.165, 1.54) is 0 Å². The standard InChI is InChI=1S/C14H13ClN2O2/c1-9-6-7-16-14(15)13(9)17-12(19)8-10-4-2-3-5-11(10)18/h2-7,18H,8H2,1H3,(H,17,19). The number of hydrogen-bond acceptors (Lipinski definition) is 3. The van der Waals surface area contributed by atoms with E-state index in [1.54, 1.807) is 36.5 Å². The van der Waals surface area contributed by atoms with Crippen molar-refractivity contribution in [3.63, 3.8) is 0 Å². The molecule has 0 saturated heterocycles. The van der Waals surface area contributed by atoms with Gasteiger partial charge in [-0.3, -0.25) is 4.79 Å². The number of phenols is 1. The minimum atomic E-state index is -0.250. The number of hydrogen-bond donors (Lipinski definition) is 2. The number of para-hydroxylation sites is 1. The Morgan fingerprint density at radius 3 is 2.79 bits per heavy atom. The zero-order valence-electron chi connectivity index (χ0n) is 10.4. The normalized spacial score (nSPS) is 10.2. The van der Waals surface area contributed by atoms with Gasteiger partial charge in [-0.15, -0.1) is 0 Å². The first-order valence-electron chi connectivity index (χ1n) is 5.75. The topological polar surface area (TPSA) is 62.2 Å². The van der Waals surface area contributed by atoms with E-state index < -0.39 is 0 Å². The van der Waals surface area contributed by atoms with Crippen molar-refractivity contribution in [3.8, 4) is 5.75 Å². The summed E-state index contributed by atoms with van der Waals surface area (Å²) in [6, 6.07) is 8.49. The zero-order chi connectivity index (χ0) is 13.8. The van der Waals surface area contributed by atoms with Crippen LogP contribution in [-0.2, 0) is 11.2 Å².